The van der Waals surface area contributed by atoms with E-state index >= 15 is 0 Å². The van der Waals surface area contributed by atoms with Gasteiger partial charge < -0.3 is 13.2 Å². The minimum atomic E-state index is -3.35. The van der Waals surface area contributed by atoms with Gasteiger partial charge in [-0.1, -0.05) is 103 Å². The van der Waals surface area contributed by atoms with Crippen LogP contribution in [-0.2, 0) is 23.3 Å². The number of carbonyl (C=O) groups is 1. The first-order chi connectivity index (χ1) is 20.5. The predicted molar refractivity (Wildman–Crippen MR) is 170 cm³/mol. The minimum Gasteiger partial charge on any atom is -0.309 e. The molecule has 1 atom stereocenters. The van der Waals surface area contributed by atoms with Crippen molar-refractivity contribution in [2.75, 3.05) is 26.0 Å². The summed E-state index contributed by atoms with van der Waals surface area (Å²) in [5.41, 5.74) is 2.16. The van der Waals surface area contributed by atoms with E-state index in [-0.39, 0.29) is 23.8 Å². The number of rotatable bonds is 15. The molecular weight excluding hydrogens is 589 g/mol. The highest BCUT2D eigenvalue weighted by atomic mass is 32.2. The third-order valence-electron chi connectivity index (χ3n) is 6.52. The number of thioether (sulfide) groups is 1. The fourth-order valence-corrected chi connectivity index (χ4v) is 8.25. The number of hydrogen-bond acceptors (Lipinski definition) is 9. The smallest absolute Gasteiger partial charge is 0.309 e. The van der Waals surface area contributed by atoms with Crippen LogP contribution in [0.1, 0.15) is 55.0 Å². The van der Waals surface area contributed by atoms with E-state index < -0.39 is 18.4 Å². The second kappa shape index (κ2) is 15.7. The largest absolute Gasteiger partial charge is 0.330 e. The van der Waals surface area contributed by atoms with Crippen LogP contribution in [0.2, 0.25) is 0 Å². The zero-order valence-corrected chi connectivity index (χ0v) is 26.5. The second-order valence-corrected chi connectivity index (χ2v) is 13.6. The summed E-state index contributed by atoms with van der Waals surface area (Å²) in [6.07, 6.45) is 2.13. The lowest BCUT2D eigenvalue weighted by Crippen LogP contribution is -2.38. The van der Waals surface area contributed by atoms with Gasteiger partial charge in [0, 0.05) is 0 Å². The fraction of sp³-hybridized carbons (Fsp3) is 0.323. The Labute approximate surface area is 256 Å². The van der Waals surface area contributed by atoms with Crippen LogP contribution in [0.15, 0.2) is 97.3 Å². The molecule has 3 aromatic carbocycles. The third kappa shape index (κ3) is 7.61. The maximum Gasteiger partial charge on any atom is 0.330 e. The van der Waals surface area contributed by atoms with Crippen molar-refractivity contribution in [3.05, 3.63) is 120 Å². The van der Waals surface area contributed by atoms with Gasteiger partial charge in [0.05, 0.1) is 43.3 Å². The molecule has 11 heteroatoms. The number of nitrogens with zero attached hydrogens (tertiary/aromatic N) is 3. The molecule has 8 nitrogen and oxygen atoms in total. The molecule has 0 spiro atoms. The van der Waals surface area contributed by atoms with Crippen molar-refractivity contribution in [3.63, 3.8) is 0 Å². The molecule has 0 saturated heterocycles. The molecule has 0 saturated carbocycles. The molecular formula is C31H36N3O5PS2. The van der Waals surface area contributed by atoms with Gasteiger partial charge in [0.2, 0.25) is 0 Å². The molecule has 222 valence electrons. The van der Waals surface area contributed by atoms with Crippen LogP contribution >= 0.6 is 31.4 Å². The van der Waals surface area contributed by atoms with Gasteiger partial charge in [-0.05, 0) is 43.9 Å². The molecule has 4 aromatic rings. The third-order valence-corrected chi connectivity index (χ3v) is 10.5. The van der Waals surface area contributed by atoms with Crippen molar-refractivity contribution in [3.8, 4) is 0 Å². The molecule has 0 amide bonds. The van der Waals surface area contributed by atoms with Gasteiger partial charge in [-0.25, -0.2) is 9.67 Å². The van der Waals surface area contributed by atoms with Crippen LogP contribution in [0.5, 0.6) is 0 Å². The Bertz CT molecular complexity index is 1330. The second-order valence-electron chi connectivity index (χ2n) is 9.16. The molecule has 0 N–H and O–H groups in total. The van der Waals surface area contributed by atoms with Gasteiger partial charge in [0.25, 0.3) is 4.45 Å². The van der Waals surface area contributed by atoms with Gasteiger partial charge >= 0.3 is 7.60 Å². The zero-order valence-electron chi connectivity index (χ0n) is 24.0. The van der Waals surface area contributed by atoms with E-state index in [1.165, 1.54) is 0 Å². The molecule has 0 aliphatic rings. The number of hydrogen-bond donors (Lipinski definition) is 0. The first kappa shape index (κ1) is 32.2. The lowest BCUT2D eigenvalue weighted by molar-refractivity contribution is 0.219. The number of benzene rings is 3. The number of carbonyl (C=O) groups excluding carboxylic acids is 1. The summed E-state index contributed by atoms with van der Waals surface area (Å²) in [6.45, 7) is 6.29. The van der Waals surface area contributed by atoms with E-state index in [2.05, 4.69) is 36.4 Å². The van der Waals surface area contributed by atoms with Crippen molar-refractivity contribution in [1.82, 2.24) is 14.8 Å². The molecule has 0 fully saturated rings. The van der Waals surface area contributed by atoms with Crippen LogP contribution in [0.4, 0.5) is 4.79 Å². The molecule has 1 aromatic heterocycles. The highest BCUT2D eigenvalue weighted by Crippen LogP contribution is 2.51. The Morgan fingerprint density at radius 1 is 0.833 bits per heavy atom. The Hall–Kier alpha value is -2.72. The van der Waals surface area contributed by atoms with E-state index in [4.69, 9.17) is 23.3 Å². The molecule has 4 rings (SSSR count). The van der Waals surface area contributed by atoms with Gasteiger partial charge in [-0.2, -0.15) is 5.10 Å². The molecule has 1 unspecified atom stereocenters. The van der Waals surface area contributed by atoms with Crippen molar-refractivity contribution in [2.24, 2.45) is 0 Å². The van der Waals surface area contributed by atoms with Crippen LogP contribution in [0.25, 0.3) is 0 Å². The zero-order chi connectivity index (χ0) is 29.8. The normalized spacial score (nSPS) is 12.7. The van der Waals surface area contributed by atoms with E-state index in [0.717, 1.165) is 40.5 Å². The van der Waals surface area contributed by atoms with Crippen LogP contribution < -0.4 is 0 Å². The van der Waals surface area contributed by atoms with Gasteiger partial charge in [0.15, 0.2) is 5.82 Å². The average Bonchev–Trinajstić information content (AvgIpc) is 3.51. The Kier molecular flexibility index (Phi) is 12.0. The summed E-state index contributed by atoms with van der Waals surface area (Å²) in [5.74, 6) is 0.442. The quantitative estimate of drug-likeness (QED) is 0.0734. The van der Waals surface area contributed by atoms with E-state index in [9.17, 15) is 9.36 Å². The molecule has 42 heavy (non-hydrogen) atoms. The lowest BCUT2D eigenvalue weighted by Gasteiger charge is -2.36. The fourth-order valence-electron chi connectivity index (χ4n) is 4.84. The monoisotopic (exact) mass is 625 g/mol. The lowest BCUT2D eigenvalue weighted by atomic mass is 9.77. The summed E-state index contributed by atoms with van der Waals surface area (Å²) in [4.78, 5) is 17.6. The summed E-state index contributed by atoms with van der Waals surface area (Å²) in [6, 6.07) is 30.5. The molecule has 0 bridgehead atoms. The maximum absolute atomic E-state index is 13.3. The first-order valence-corrected chi connectivity index (χ1v) is 17.3. The standard InChI is InChI=1S/C31H36N3O5PS2/c1-4-37-40(36,38-5-2)23-22-28(41-30(35)42-39-6-3)29-32-24-34(33-29)31(25-16-10-7-11-17-25,26-18-12-8-13-19-26)27-20-14-9-15-21-27/h7-21,24,28H,4-6,22-23H2,1-3H3. The van der Waals surface area contributed by atoms with Gasteiger partial charge in [-0.15, -0.1) is 0 Å². The topological polar surface area (TPSA) is 92.5 Å². The van der Waals surface area contributed by atoms with Crippen molar-refractivity contribution in [1.29, 1.82) is 0 Å². The Balaban J connectivity index is 1.82. The van der Waals surface area contributed by atoms with Crippen LogP contribution in [0.3, 0.4) is 0 Å². The maximum atomic E-state index is 13.3. The molecule has 0 aliphatic heterocycles. The summed E-state index contributed by atoms with van der Waals surface area (Å²) in [7, 11) is -3.35. The van der Waals surface area contributed by atoms with Crippen molar-refractivity contribution >= 4 is 35.8 Å². The predicted octanol–water partition coefficient (Wildman–Crippen LogP) is 8.35. The molecule has 0 aliphatic carbocycles. The van der Waals surface area contributed by atoms with E-state index in [0.29, 0.717) is 18.9 Å². The summed E-state index contributed by atoms with van der Waals surface area (Å²) < 4.78 is 31.3. The average molecular weight is 626 g/mol. The van der Waals surface area contributed by atoms with Gasteiger partial charge in [0.1, 0.15) is 11.9 Å². The first-order valence-electron chi connectivity index (χ1n) is 13.9. The Morgan fingerprint density at radius 2 is 1.33 bits per heavy atom. The highest BCUT2D eigenvalue weighted by molar-refractivity contribution is 8.36. The summed E-state index contributed by atoms with van der Waals surface area (Å²) in [5, 5.41) is 4.54. The van der Waals surface area contributed by atoms with Crippen molar-refractivity contribution < 1.29 is 22.6 Å². The van der Waals surface area contributed by atoms with E-state index in [1.807, 2.05) is 66.2 Å². The molecule has 1 heterocycles. The van der Waals surface area contributed by atoms with Gasteiger partial charge in [-0.3, -0.25) is 9.36 Å². The SMILES string of the molecule is CCOSC(=O)SC(CCP(=O)(OCC)OCC)c1ncn(C(c2ccccc2)(c2ccccc2)c2ccccc2)n1. The highest BCUT2D eigenvalue weighted by Gasteiger charge is 2.40. The van der Waals surface area contributed by atoms with Crippen molar-refractivity contribution in [2.45, 2.75) is 38.0 Å². The minimum absolute atomic E-state index is 0.120. The van der Waals surface area contributed by atoms with E-state index in [1.54, 1.807) is 20.2 Å². The Morgan fingerprint density at radius 3 is 1.79 bits per heavy atom. The molecule has 0 radical (unpaired) electrons. The summed E-state index contributed by atoms with van der Waals surface area (Å²) >= 11 is 1.84. The number of aromatic nitrogens is 3. The van der Waals surface area contributed by atoms with Crippen LogP contribution in [-0.4, -0.2) is 45.2 Å². The van der Waals surface area contributed by atoms with Crippen LogP contribution in [0, 0.1) is 0 Å².